The second-order valence-electron chi connectivity index (χ2n) is 6.89. The predicted molar refractivity (Wildman–Crippen MR) is 118 cm³/mol. The zero-order valence-corrected chi connectivity index (χ0v) is 17.5. The molecule has 4 rings (SSSR count). The van der Waals surface area contributed by atoms with Crippen LogP contribution in [0, 0.1) is 3.57 Å². The predicted octanol–water partition coefficient (Wildman–Crippen LogP) is 3.17. The van der Waals surface area contributed by atoms with Crippen LogP contribution in [0.1, 0.15) is 10.5 Å². The van der Waals surface area contributed by atoms with E-state index in [1.807, 2.05) is 59.5 Å². The molecule has 1 aliphatic heterocycles. The Balaban J connectivity index is 1.29. The van der Waals surface area contributed by atoms with Gasteiger partial charge in [0, 0.05) is 46.3 Å². The third kappa shape index (κ3) is 4.36. The number of nitrogens with one attached hydrogen (secondary N) is 2. The van der Waals surface area contributed by atoms with Crippen molar-refractivity contribution in [3.05, 3.63) is 63.9 Å². The van der Waals surface area contributed by atoms with E-state index >= 15 is 0 Å². The molecule has 0 bridgehead atoms. The highest BCUT2D eigenvalue weighted by Crippen LogP contribution is 2.17. The number of benzene rings is 2. The summed E-state index contributed by atoms with van der Waals surface area (Å²) in [6.45, 7) is 2.94. The Hall–Kier alpha value is -2.39. The Bertz CT molecular complexity index is 958. The SMILES string of the molecule is O=C(CN1CCN(C(=O)c2cc3ccccc3[nH]2)CC1)Nc1ccc(I)cc1. The maximum atomic E-state index is 12.8. The van der Waals surface area contributed by atoms with Crippen molar-refractivity contribution in [3.8, 4) is 0 Å². The average molecular weight is 488 g/mol. The van der Waals surface area contributed by atoms with Crippen molar-refractivity contribution in [2.24, 2.45) is 0 Å². The molecule has 0 aliphatic carbocycles. The number of amides is 2. The molecule has 1 saturated heterocycles. The fourth-order valence-corrected chi connectivity index (χ4v) is 3.76. The quantitative estimate of drug-likeness (QED) is 0.555. The molecule has 1 aromatic heterocycles. The molecule has 1 fully saturated rings. The zero-order valence-electron chi connectivity index (χ0n) is 15.3. The lowest BCUT2D eigenvalue weighted by molar-refractivity contribution is -0.117. The number of nitrogens with zero attached hydrogens (tertiary/aromatic N) is 2. The number of hydrogen-bond donors (Lipinski definition) is 2. The van der Waals surface area contributed by atoms with E-state index in [0.29, 0.717) is 38.4 Å². The number of carbonyl (C=O) groups excluding carboxylic acids is 2. The lowest BCUT2D eigenvalue weighted by atomic mass is 10.2. The largest absolute Gasteiger partial charge is 0.351 e. The first-order valence-electron chi connectivity index (χ1n) is 9.23. The summed E-state index contributed by atoms with van der Waals surface area (Å²) in [7, 11) is 0. The van der Waals surface area contributed by atoms with E-state index in [1.165, 1.54) is 0 Å². The van der Waals surface area contributed by atoms with Crippen LogP contribution in [0.4, 0.5) is 5.69 Å². The highest BCUT2D eigenvalue weighted by Gasteiger charge is 2.24. The van der Waals surface area contributed by atoms with Crippen molar-refractivity contribution in [2.45, 2.75) is 0 Å². The summed E-state index contributed by atoms with van der Waals surface area (Å²) >= 11 is 2.23. The monoisotopic (exact) mass is 488 g/mol. The molecular formula is C21H21IN4O2. The minimum atomic E-state index is -0.0309. The highest BCUT2D eigenvalue weighted by molar-refractivity contribution is 14.1. The molecule has 0 atom stereocenters. The molecule has 2 amide bonds. The van der Waals surface area contributed by atoms with Crippen LogP contribution in [-0.4, -0.2) is 59.3 Å². The van der Waals surface area contributed by atoms with Crippen molar-refractivity contribution < 1.29 is 9.59 Å². The van der Waals surface area contributed by atoms with Crippen LogP contribution in [0.3, 0.4) is 0 Å². The Kier molecular flexibility index (Phi) is 5.63. The van der Waals surface area contributed by atoms with Gasteiger partial charge < -0.3 is 15.2 Å². The molecule has 0 saturated carbocycles. The van der Waals surface area contributed by atoms with Gasteiger partial charge in [-0.2, -0.15) is 0 Å². The van der Waals surface area contributed by atoms with Gasteiger partial charge in [0.15, 0.2) is 0 Å². The molecule has 2 heterocycles. The molecule has 28 heavy (non-hydrogen) atoms. The molecule has 0 radical (unpaired) electrons. The standard InChI is InChI=1S/C21H21IN4O2/c22-16-5-7-17(8-6-16)23-20(27)14-25-9-11-26(12-10-25)21(28)19-13-15-3-1-2-4-18(15)24-19/h1-8,13,24H,9-12,14H2,(H,23,27). The minimum Gasteiger partial charge on any atom is -0.351 e. The van der Waals surface area contributed by atoms with E-state index in [4.69, 9.17) is 0 Å². The molecule has 6 nitrogen and oxygen atoms in total. The second-order valence-corrected chi connectivity index (χ2v) is 8.14. The number of anilines is 1. The van der Waals surface area contributed by atoms with Gasteiger partial charge >= 0.3 is 0 Å². The van der Waals surface area contributed by atoms with E-state index in [9.17, 15) is 9.59 Å². The first-order valence-corrected chi connectivity index (χ1v) is 10.3. The molecule has 7 heteroatoms. The first-order chi connectivity index (χ1) is 13.6. The normalized spacial score (nSPS) is 15.0. The highest BCUT2D eigenvalue weighted by atomic mass is 127. The Labute approximate surface area is 177 Å². The smallest absolute Gasteiger partial charge is 0.270 e. The molecule has 3 aromatic rings. The van der Waals surface area contributed by atoms with Gasteiger partial charge in [-0.15, -0.1) is 0 Å². The van der Waals surface area contributed by atoms with E-state index < -0.39 is 0 Å². The fraction of sp³-hybridized carbons (Fsp3) is 0.238. The summed E-state index contributed by atoms with van der Waals surface area (Å²) in [5, 5.41) is 3.96. The van der Waals surface area contributed by atoms with Gasteiger partial charge in [-0.25, -0.2) is 0 Å². The number of carbonyl (C=O) groups is 2. The van der Waals surface area contributed by atoms with Gasteiger partial charge in [0.1, 0.15) is 5.69 Å². The lowest BCUT2D eigenvalue weighted by Crippen LogP contribution is -2.50. The number of fused-ring (bicyclic) bond motifs is 1. The van der Waals surface area contributed by atoms with Crippen molar-refractivity contribution >= 4 is 51.0 Å². The minimum absolute atomic E-state index is 0.0131. The summed E-state index contributed by atoms with van der Waals surface area (Å²) in [4.78, 5) is 32.1. The number of aromatic amines is 1. The van der Waals surface area contributed by atoms with Crippen molar-refractivity contribution in [1.82, 2.24) is 14.8 Å². The third-order valence-corrected chi connectivity index (χ3v) is 5.63. The van der Waals surface area contributed by atoms with Gasteiger partial charge in [0.05, 0.1) is 6.54 Å². The number of halogens is 1. The van der Waals surface area contributed by atoms with Gasteiger partial charge in [-0.05, 0) is 59.0 Å². The number of hydrogen-bond acceptors (Lipinski definition) is 3. The van der Waals surface area contributed by atoms with Crippen molar-refractivity contribution in [1.29, 1.82) is 0 Å². The van der Waals surface area contributed by atoms with E-state index in [2.05, 4.69) is 37.8 Å². The van der Waals surface area contributed by atoms with Crippen LogP contribution in [0.2, 0.25) is 0 Å². The molecular weight excluding hydrogens is 467 g/mol. The average Bonchev–Trinajstić information content (AvgIpc) is 3.14. The number of H-pyrrole nitrogens is 1. The zero-order chi connectivity index (χ0) is 19.5. The van der Waals surface area contributed by atoms with Gasteiger partial charge in [0.25, 0.3) is 5.91 Å². The molecule has 0 spiro atoms. The number of rotatable bonds is 4. The van der Waals surface area contributed by atoms with Crippen LogP contribution < -0.4 is 5.32 Å². The number of aromatic nitrogens is 1. The molecule has 2 aromatic carbocycles. The van der Waals surface area contributed by atoms with E-state index in [0.717, 1.165) is 20.2 Å². The summed E-state index contributed by atoms with van der Waals surface area (Å²) < 4.78 is 1.13. The molecule has 0 unspecified atom stereocenters. The fourth-order valence-electron chi connectivity index (χ4n) is 3.40. The van der Waals surface area contributed by atoms with E-state index in [1.54, 1.807) is 0 Å². The topological polar surface area (TPSA) is 68.4 Å². The number of piperazine rings is 1. The van der Waals surface area contributed by atoms with E-state index in [-0.39, 0.29) is 11.8 Å². The first kappa shape index (κ1) is 18.9. The van der Waals surface area contributed by atoms with Crippen molar-refractivity contribution in [3.63, 3.8) is 0 Å². The van der Waals surface area contributed by atoms with Crippen LogP contribution in [-0.2, 0) is 4.79 Å². The summed E-state index contributed by atoms with van der Waals surface area (Å²) in [6, 6.07) is 17.5. The maximum Gasteiger partial charge on any atom is 0.270 e. The molecule has 2 N–H and O–H groups in total. The van der Waals surface area contributed by atoms with Crippen LogP contribution in [0.5, 0.6) is 0 Å². The van der Waals surface area contributed by atoms with Crippen molar-refractivity contribution in [2.75, 3.05) is 38.0 Å². The molecule has 144 valence electrons. The Morgan fingerprint density at radius 2 is 1.71 bits per heavy atom. The van der Waals surface area contributed by atoms with Crippen LogP contribution in [0.25, 0.3) is 10.9 Å². The Morgan fingerprint density at radius 3 is 2.43 bits per heavy atom. The maximum absolute atomic E-state index is 12.8. The van der Waals surface area contributed by atoms with Gasteiger partial charge in [-0.3, -0.25) is 14.5 Å². The second kappa shape index (κ2) is 8.32. The Morgan fingerprint density at radius 1 is 1.00 bits per heavy atom. The third-order valence-electron chi connectivity index (χ3n) is 4.92. The van der Waals surface area contributed by atoms with Crippen LogP contribution >= 0.6 is 22.6 Å². The summed E-state index contributed by atoms with van der Waals surface area (Å²) in [5.74, 6) is -0.0178. The van der Waals surface area contributed by atoms with Crippen LogP contribution in [0.15, 0.2) is 54.6 Å². The summed E-state index contributed by atoms with van der Waals surface area (Å²) in [5.41, 5.74) is 2.39. The summed E-state index contributed by atoms with van der Waals surface area (Å²) in [6.07, 6.45) is 0. The molecule has 1 aliphatic rings. The number of para-hydroxylation sites is 1. The van der Waals surface area contributed by atoms with Gasteiger partial charge in [0.2, 0.25) is 5.91 Å². The lowest BCUT2D eigenvalue weighted by Gasteiger charge is -2.34. The van der Waals surface area contributed by atoms with Gasteiger partial charge in [-0.1, -0.05) is 18.2 Å².